The van der Waals surface area contributed by atoms with E-state index in [1.807, 2.05) is 36.4 Å². The Morgan fingerprint density at radius 2 is 1.07 bits per heavy atom. The highest BCUT2D eigenvalue weighted by molar-refractivity contribution is 5.90. The normalized spacial score (nSPS) is 37.7. The first-order valence-corrected chi connectivity index (χ1v) is 11.2. The van der Waals surface area contributed by atoms with Gasteiger partial charge in [-0.15, -0.1) is 0 Å². The van der Waals surface area contributed by atoms with E-state index in [4.69, 9.17) is 9.47 Å². The number of fused-ring (bicyclic) bond motifs is 9. The molecule has 0 saturated heterocycles. The molecule has 4 bridgehead atoms. The minimum absolute atomic E-state index is 0.311. The van der Waals surface area contributed by atoms with Crippen LogP contribution in [0.1, 0.15) is 46.4 Å². The van der Waals surface area contributed by atoms with E-state index in [0.717, 1.165) is 18.3 Å². The Morgan fingerprint density at radius 3 is 1.50 bits per heavy atom. The monoisotopic (exact) mass is 402 g/mol. The Balaban J connectivity index is 1.28. The number of carbonyl (C=O) groups excluding carboxylic acids is 2. The SMILES string of the molecule is O=C(OC1C2CC(C1OC(=O)c1ccccc1)C1C3CCC(C3)C21)c1ccccc1. The summed E-state index contributed by atoms with van der Waals surface area (Å²) in [6, 6.07) is 18.3. The molecule has 8 atom stereocenters. The Hall–Kier alpha value is -2.62. The van der Waals surface area contributed by atoms with E-state index in [-0.39, 0.29) is 24.1 Å². The van der Waals surface area contributed by atoms with Crippen molar-refractivity contribution in [2.75, 3.05) is 0 Å². The topological polar surface area (TPSA) is 52.6 Å². The number of ether oxygens (including phenoxy) is 2. The van der Waals surface area contributed by atoms with Crippen molar-refractivity contribution < 1.29 is 19.1 Å². The lowest BCUT2D eigenvalue weighted by atomic mass is 9.69. The first kappa shape index (κ1) is 18.2. The van der Waals surface area contributed by atoms with Gasteiger partial charge in [0.25, 0.3) is 0 Å². The van der Waals surface area contributed by atoms with Crippen LogP contribution in [0.4, 0.5) is 0 Å². The van der Waals surface area contributed by atoms with Crippen molar-refractivity contribution in [2.24, 2.45) is 35.5 Å². The first-order valence-electron chi connectivity index (χ1n) is 11.2. The lowest BCUT2D eigenvalue weighted by Crippen LogP contribution is -2.48. The summed E-state index contributed by atoms with van der Waals surface area (Å²) in [7, 11) is 0. The van der Waals surface area contributed by atoms with Gasteiger partial charge in [0.2, 0.25) is 0 Å². The lowest BCUT2D eigenvalue weighted by Gasteiger charge is -2.42. The highest BCUT2D eigenvalue weighted by atomic mass is 16.6. The molecule has 4 nitrogen and oxygen atoms in total. The molecular formula is C26H26O4. The summed E-state index contributed by atoms with van der Waals surface area (Å²) in [6.07, 6.45) is 4.26. The zero-order valence-corrected chi connectivity index (χ0v) is 16.9. The van der Waals surface area contributed by atoms with Gasteiger partial charge in [0, 0.05) is 11.8 Å². The molecule has 4 aliphatic rings. The summed E-state index contributed by atoms with van der Waals surface area (Å²) < 4.78 is 12.2. The number of hydrogen-bond acceptors (Lipinski definition) is 4. The van der Waals surface area contributed by atoms with Crippen LogP contribution in [0, 0.1) is 35.5 Å². The minimum Gasteiger partial charge on any atom is -0.455 e. The molecule has 8 unspecified atom stereocenters. The van der Waals surface area contributed by atoms with E-state index in [9.17, 15) is 9.59 Å². The molecule has 0 heterocycles. The second kappa shape index (κ2) is 6.97. The number of hydrogen-bond donors (Lipinski definition) is 0. The first-order chi connectivity index (χ1) is 14.7. The molecule has 154 valence electrons. The van der Waals surface area contributed by atoms with Crippen LogP contribution in [0.3, 0.4) is 0 Å². The average molecular weight is 402 g/mol. The van der Waals surface area contributed by atoms with Crippen molar-refractivity contribution >= 4 is 11.9 Å². The van der Waals surface area contributed by atoms with Crippen LogP contribution in [0.15, 0.2) is 60.7 Å². The van der Waals surface area contributed by atoms with Gasteiger partial charge in [-0.25, -0.2) is 9.59 Å². The molecule has 0 radical (unpaired) electrons. The van der Waals surface area contributed by atoms with Gasteiger partial charge in [0.05, 0.1) is 11.1 Å². The minimum atomic E-state index is -0.337. The van der Waals surface area contributed by atoms with Gasteiger partial charge in [-0.05, 0) is 73.6 Å². The third-order valence-corrected chi connectivity index (χ3v) is 8.25. The third-order valence-electron chi connectivity index (χ3n) is 8.25. The Morgan fingerprint density at radius 1 is 0.633 bits per heavy atom. The molecule has 4 saturated carbocycles. The maximum Gasteiger partial charge on any atom is 0.338 e. The van der Waals surface area contributed by atoms with Gasteiger partial charge >= 0.3 is 11.9 Å². The summed E-state index contributed by atoms with van der Waals surface area (Å²) in [5.74, 6) is 2.80. The van der Waals surface area contributed by atoms with Crippen LogP contribution < -0.4 is 0 Å². The molecule has 0 N–H and O–H groups in total. The molecule has 6 rings (SSSR count). The summed E-state index contributed by atoms with van der Waals surface area (Å²) in [6.45, 7) is 0. The smallest absolute Gasteiger partial charge is 0.338 e. The van der Waals surface area contributed by atoms with Crippen LogP contribution in [0.5, 0.6) is 0 Å². The molecule has 4 aliphatic carbocycles. The van der Waals surface area contributed by atoms with E-state index in [1.54, 1.807) is 24.3 Å². The van der Waals surface area contributed by atoms with Gasteiger partial charge in [0.15, 0.2) is 0 Å². The van der Waals surface area contributed by atoms with E-state index < -0.39 is 0 Å². The highest BCUT2D eigenvalue weighted by Crippen LogP contribution is 2.68. The summed E-state index contributed by atoms with van der Waals surface area (Å²) >= 11 is 0. The van der Waals surface area contributed by atoms with Crippen LogP contribution >= 0.6 is 0 Å². The Labute approximate surface area is 176 Å². The van der Waals surface area contributed by atoms with E-state index in [1.165, 1.54) is 19.3 Å². The van der Waals surface area contributed by atoms with Crippen LogP contribution in [0.25, 0.3) is 0 Å². The zero-order chi connectivity index (χ0) is 20.2. The number of benzene rings is 2. The van der Waals surface area contributed by atoms with Crippen molar-refractivity contribution in [3.05, 3.63) is 71.8 Å². The van der Waals surface area contributed by atoms with Crippen molar-refractivity contribution in [3.63, 3.8) is 0 Å². The number of rotatable bonds is 4. The van der Waals surface area contributed by atoms with Crippen LogP contribution in [-0.4, -0.2) is 24.1 Å². The Kier molecular flexibility index (Phi) is 4.22. The molecule has 0 amide bonds. The number of carbonyl (C=O) groups is 2. The highest BCUT2D eigenvalue weighted by Gasteiger charge is 2.68. The quantitative estimate of drug-likeness (QED) is 0.547. The molecule has 0 aliphatic heterocycles. The van der Waals surface area contributed by atoms with E-state index >= 15 is 0 Å². The van der Waals surface area contributed by atoms with Crippen LogP contribution in [-0.2, 0) is 9.47 Å². The lowest BCUT2D eigenvalue weighted by molar-refractivity contribution is -0.0891. The summed E-state index contributed by atoms with van der Waals surface area (Å²) in [5, 5.41) is 0. The molecule has 2 aromatic rings. The standard InChI is InChI=1S/C26H26O4/c27-25(15-7-3-1-4-8-15)29-23-19-14-20(22-18-12-11-17(13-18)21(19)22)24(23)30-26(28)16-9-5-2-6-10-16/h1-10,17-24H,11-14H2. The third kappa shape index (κ3) is 2.73. The molecule has 30 heavy (non-hydrogen) atoms. The zero-order valence-electron chi connectivity index (χ0n) is 16.9. The largest absolute Gasteiger partial charge is 0.455 e. The molecule has 4 fully saturated rings. The van der Waals surface area contributed by atoms with Crippen molar-refractivity contribution in [1.29, 1.82) is 0 Å². The van der Waals surface area contributed by atoms with Gasteiger partial charge in [-0.1, -0.05) is 36.4 Å². The average Bonchev–Trinajstić information content (AvgIpc) is 3.55. The van der Waals surface area contributed by atoms with E-state index in [2.05, 4.69) is 0 Å². The molecule has 0 aromatic heterocycles. The number of esters is 2. The maximum absolute atomic E-state index is 12.9. The predicted molar refractivity (Wildman–Crippen MR) is 111 cm³/mol. The van der Waals surface area contributed by atoms with Gasteiger partial charge in [-0.3, -0.25) is 0 Å². The van der Waals surface area contributed by atoms with Crippen molar-refractivity contribution in [2.45, 2.75) is 37.9 Å². The predicted octanol–water partition coefficient (Wildman–Crippen LogP) is 4.75. The van der Waals surface area contributed by atoms with E-state index in [0.29, 0.717) is 34.8 Å². The maximum atomic E-state index is 12.9. The molecule has 2 aromatic carbocycles. The summed E-state index contributed by atoms with van der Waals surface area (Å²) in [5.41, 5.74) is 1.11. The molecule has 4 heteroatoms. The fourth-order valence-electron chi connectivity index (χ4n) is 7.31. The fraction of sp³-hybridized carbons (Fsp3) is 0.462. The van der Waals surface area contributed by atoms with Gasteiger partial charge in [0.1, 0.15) is 12.2 Å². The molecule has 0 spiro atoms. The van der Waals surface area contributed by atoms with Gasteiger partial charge < -0.3 is 9.47 Å². The van der Waals surface area contributed by atoms with Crippen molar-refractivity contribution in [1.82, 2.24) is 0 Å². The Bertz CT molecular complexity index is 878. The second-order valence-corrected chi connectivity index (χ2v) is 9.52. The second-order valence-electron chi connectivity index (χ2n) is 9.52. The molecular weight excluding hydrogens is 376 g/mol. The van der Waals surface area contributed by atoms with Crippen molar-refractivity contribution in [3.8, 4) is 0 Å². The van der Waals surface area contributed by atoms with Gasteiger partial charge in [-0.2, -0.15) is 0 Å². The fourth-order valence-corrected chi connectivity index (χ4v) is 7.31. The van der Waals surface area contributed by atoms with Crippen LogP contribution in [0.2, 0.25) is 0 Å². The summed E-state index contributed by atoms with van der Waals surface area (Å²) in [4.78, 5) is 25.7.